The molecule has 3 amide bonds. The van der Waals surface area contributed by atoms with Gasteiger partial charge in [-0.2, -0.15) is 0 Å². The molecule has 0 bridgehead atoms. The lowest BCUT2D eigenvalue weighted by Crippen LogP contribution is -2.49. The molecule has 0 aliphatic carbocycles. The van der Waals surface area contributed by atoms with E-state index in [0.29, 0.717) is 32.6 Å². The second kappa shape index (κ2) is 7.50. The molecule has 0 unspecified atom stereocenters. The average molecular weight is 348 g/mol. The smallest absolute Gasteiger partial charge is 0.317 e. The van der Waals surface area contributed by atoms with Crippen LogP contribution in [0.25, 0.3) is 0 Å². The number of hydrogen-bond donors (Lipinski definition) is 1. The maximum Gasteiger partial charge on any atom is 0.317 e. The van der Waals surface area contributed by atoms with Gasteiger partial charge in [-0.25, -0.2) is 4.79 Å². The molecule has 0 aromatic carbocycles. The fourth-order valence-electron chi connectivity index (χ4n) is 3.16. The van der Waals surface area contributed by atoms with Crippen LogP contribution in [0.1, 0.15) is 44.1 Å². The Balaban J connectivity index is 1.94. The van der Waals surface area contributed by atoms with Crippen molar-refractivity contribution < 1.29 is 9.59 Å². The molecule has 1 N–H and O–H groups in total. The van der Waals surface area contributed by atoms with Gasteiger partial charge in [0, 0.05) is 50.2 Å². The van der Waals surface area contributed by atoms with Gasteiger partial charge in [-0.3, -0.25) is 4.79 Å². The summed E-state index contributed by atoms with van der Waals surface area (Å²) in [5.41, 5.74) is 3.16. The van der Waals surface area contributed by atoms with Crippen molar-refractivity contribution in [2.45, 2.75) is 53.0 Å². The summed E-state index contributed by atoms with van der Waals surface area (Å²) < 4.78 is 2.11. The SMILES string of the molecule is Cc1cc(CC(=O)N2CCCN(C(=O)NC(C)(C)C)CC2)c(C)n1C. The number of hydrogen-bond acceptors (Lipinski definition) is 2. The third-order valence-corrected chi connectivity index (χ3v) is 4.84. The lowest BCUT2D eigenvalue weighted by molar-refractivity contribution is -0.130. The summed E-state index contributed by atoms with van der Waals surface area (Å²) in [4.78, 5) is 28.7. The molecule has 0 spiro atoms. The van der Waals surface area contributed by atoms with E-state index >= 15 is 0 Å². The first-order valence-electron chi connectivity index (χ1n) is 9.05. The van der Waals surface area contributed by atoms with Crippen molar-refractivity contribution in [1.29, 1.82) is 0 Å². The number of carbonyl (C=O) groups excluding carboxylic acids is 2. The van der Waals surface area contributed by atoms with Crippen LogP contribution < -0.4 is 5.32 Å². The maximum atomic E-state index is 12.7. The van der Waals surface area contributed by atoms with Crippen molar-refractivity contribution >= 4 is 11.9 Å². The number of nitrogens with zero attached hydrogens (tertiary/aromatic N) is 3. The topological polar surface area (TPSA) is 57.6 Å². The number of rotatable bonds is 2. The molecule has 2 heterocycles. The Labute approximate surface area is 151 Å². The Morgan fingerprint density at radius 1 is 1.08 bits per heavy atom. The van der Waals surface area contributed by atoms with E-state index < -0.39 is 0 Å². The van der Waals surface area contributed by atoms with Gasteiger partial charge in [-0.05, 0) is 52.7 Å². The third-order valence-electron chi connectivity index (χ3n) is 4.84. The minimum Gasteiger partial charge on any atom is -0.352 e. The second-order valence-electron chi connectivity index (χ2n) is 8.03. The average Bonchev–Trinajstić information content (AvgIpc) is 2.73. The first kappa shape index (κ1) is 19.3. The van der Waals surface area contributed by atoms with E-state index in [2.05, 4.69) is 29.8 Å². The van der Waals surface area contributed by atoms with E-state index in [4.69, 9.17) is 0 Å². The molecular weight excluding hydrogens is 316 g/mol. The Bertz CT molecular complexity index is 643. The fraction of sp³-hybridized carbons (Fsp3) is 0.684. The van der Waals surface area contributed by atoms with Gasteiger partial charge in [-0.1, -0.05) is 0 Å². The molecular formula is C19H32N4O2. The third kappa shape index (κ3) is 5.00. The van der Waals surface area contributed by atoms with Crippen LogP contribution in [-0.4, -0.2) is 58.0 Å². The summed E-state index contributed by atoms with van der Waals surface area (Å²) in [6.45, 7) is 12.6. The predicted molar refractivity (Wildman–Crippen MR) is 99.6 cm³/mol. The van der Waals surface area contributed by atoms with Gasteiger partial charge < -0.3 is 19.7 Å². The number of aromatic nitrogens is 1. The zero-order valence-corrected chi connectivity index (χ0v) is 16.5. The normalized spacial score (nSPS) is 15.9. The monoisotopic (exact) mass is 348 g/mol. The standard InChI is InChI=1S/C19H32N4O2/c1-14-12-16(15(2)21(14)6)13-17(24)22-8-7-9-23(11-10-22)18(25)20-19(3,4)5/h12H,7-11,13H2,1-6H3,(H,20,25). The fourth-order valence-corrected chi connectivity index (χ4v) is 3.16. The van der Waals surface area contributed by atoms with E-state index in [1.807, 2.05) is 37.6 Å². The van der Waals surface area contributed by atoms with E-state index in [0.717, 1.165) is 17.7 Å². The minimum absolute atomic E-state index is 0.0451. The van der Waals surface area contributed by atoms with E-state index in [1.165, 1.54) is 5.69 Å². The number of carbonyl (C=O) groups is 2. The highest BCUT2D eigenvalue weighted by Crippen LogP contribution is 2.15. The van der Waals surface area contributed by atoms with Crippen molar-refractivity contribution in [2.75, 3.05) is 26.2 Å². The molecule has 1 aliphatic rings. The number of urea groups is 1. The molecule has 1 aliphatic heterocycles. The number of amides is 3. The largest absolute Gasteiger partial charge is 0.352 e. The Hall–Kier alpha value is -1.98. The van der Waals surface area contributed by atoms with Gasteiger partial charge in [0.2, 0.25) is 5.91 Å². The highest BCUT2D eigenvalue weighted by atomic mass is 16.2. The molecule has 6 heteroatoms. The molecule has 0 radical (unpaired) electrons. The molecule has 0 atom stereocenters. The van der Waals surface area contributed by atoms with E-state index in [1.54, 1.807) is 0 Å². The first-order valence-corrected chi connectivity index (χ1v) is 9.05. The van der Waals surface area contributed by atoms with E-state index in [9.17, 15) is 9.59 Å². The summed E-state index contributed by atoms with van der Waals surface area (Å²) in [7, 11) is 2.02. The zero-order chi connectivity index (χ0) is 18.8. The van der Waals surface area contributed by atoms with Crippen LogP contribution in [0.4, 0.5) is 4.79 Å². The van der Waals surface area contributed by atoms with Crippen LogP contribution in [0.3, 0.4) is 0 Å². The Morgan fingerprint density at radius 3 is 2.24 bits per heavy atom. The summed E-state index contributed by atoms with van der Waals surface area (Å²) in [6.07, 6.45) is 1.25. The van der Waals surface area contributed by atoms with Crippen molar-refractivity contribution in [2.24, 2.45) is 7.05 Å². The second-order valence-corrected chi connectivity index (χ2v) is 8.03. The molecule has 0 saturated carbocycles. The molecule has 140 valence electrons. The summed E-state index contributed by atoms with van der Waals surface area (Å²) >= 11 is 0. The summed E-state index contributed by atoms with van der Waals surface area (Å²) in [5.74, 6) is 0.145. The van der Waals surface area contributed by atoms with Gasteiger partial charge in [0.1, 0.15) is 0 Å². The Kier molecular flexibility index (Phi) is 5.80. The lowest BCUT2D eigenvalue weighted by atomic mass is 10.1. The zero-order valence-electron chi connectivity index (χ0n) is 16.5. The highest BCUT2D eigenvalue weighted by molar-refractivity contribution is 5.79. The van der Waals surface area contributed by atoms with Crippen molar-refractivity contribution in [1.82, 2.24) is 19.7 Å². The Morgan fingerprint density at radius 2 is 1.68 bits per heavy atom. The van der Waals surface area contributed by atoms with Crippen molar-refractivity contribution in [3.05, 3.63) is 23.0 Å². The quantitative estimate of drug-likeness (QED) is 0.891. The molecule has 6 nitrogen and oxygen atoms in total. The van der Waals surface area contributed by atoms with E-state index in [-0.39, 0.29) is 17.5 Å². The van der Waals surface area contributed by atoms with Gasteiger partial charge in [0.25, 0.3) is 0 Å². The van der Waals surface area contributed by atoms with Crippen LogP contribution in [0.15, 0.2) is 6.07 Å². The summed E-state index contributed by atoms with van der Waals surface area (Å²) in [6, 6.07) is 2.05. The van der Waals surface area contributed by atoms with Crippen LogP contribution in [-0.2, 0) is 18.3 Å². The molecule has 1 fully saturated rings. The molecule has 25 heavy (non-hydrogen) atoms. The highest BCUT2D eigenvalue weighted by Gasteiger charge is 2.24. The predicted octanol–water partition coefficient (Wildman–Crippen LogP) is 2.23. The van der Waals surface area contributed by atoms with Crippen LogP contribution in [0.2, 0.25) is 0 Å². The molecule has 1 aromatic heterocycles. The van der Waals surface area contributed by atoms with Gasteiger partial charge in [0.05, 0.1) is 6.42 Å². The first-order chi connectivity index (χ1) is 11.6. The van der Waals surface area contributed by atoms with Gasteiger partial charge >= 0.3 is 6.03 Å². The van der Waals surface area contributed by atoms with Gasteiger partial charge in [-0.15, -0.1) is 0 Å². The molecule has 1 saturated heterocycles. The minimum atomic E-state index is -0.248. The number of nitrogens with one attached hydrogen (secondary N) is 1. The van der Waals surface area contributed by atoms with Crippen LogP contribution in [0.5, 0.6) is 0 Å². The van der Waals surface area contributed by atoms with Crippen LogP contribution in [0, 0.1) is 13.8 Å². The van der Waals surface area contributed by atoms with Crippen molar-refractivity contribution in [3.63, 3.8) is 0 Å². The van der Waals surface area contributed by atoms with Gasteiger partial charge in [0.15, 0.2) is 0 Å². The molecule has 2 rings (SSSR count). The maximum absolute atomic E-state index is 12.7. The van der Waals surface area contributed by atoms with Crippen LogP contribution >= 0.6 is 0 Å². The lowest BCUT2D eigenvalue weighted by Gasteiger charge is -2.27. The summed E-state index contributed by atoms with van der Waals surface area (Å²) in [5, 5.41) is 3.00. The molecule has 1 aromatic rings. The van der Waals surface area contributed by atoms with Crippen molar-refractivity contribution in [3.8, 4) is 0 Å². The number of aryl methyl sites for hydroxylation is 1.